The number of carbonyl (C=O) groups is 1. The molecule has 1 saturated heterocycles. The van der Waals surface area contributed by atoms with Crippen LogP contribution in [-0.4, -0.2) is 52.4 Å². The molecule has 0 aliphatic carbocycles. The molecule has 4 nitrogen and oxygen atoms in total. The smallest absolute Gasteiger partial charge is 0.273 e. The van der Waals surface area contributed by atoms with Crippen molar-refractivity contribution in [2.75, 3.05) is 26.2 Å². The van der Waals surface area contributed by atoms with Crippen molar-refractivity contribution in [1.29, 1.82) is 0 Å². The lowest BCUT2D eigenvalue weighted by atomic mass is 10.0. The minimum atomic E-state index is 0.0148. The molecule has 0 aromatic carbocycles. The zero-order valence-electron chi connectivity index (χ0n) is 11.7. The maximum atomic E-state index is 12.4. The van der Waals surface area contributed by atoms with E-state index in [-0.39, 0.29) is 11.4 Å². The Morgan fingerprint density at radius 3 is 2.42 bits per heavy atom. The van der Waals surface area contributed by atoms with Crippen LogP contribution in [0.1, 0.15) is 31.3 Å². The van der Waals surface area contributed by atoms with E-state index in [0.717, 1.165) is 30.7 Å². The van der Waals surface area contributed by atoms with Gasteiger partial charge in [0.15, 0.2) is 0 Å². The van der Waals surface area contributed by atoms with E-state index in [1.807, 2.05) is 17.0 Å². The van der Waals surface area contributed by atoms with Crippen LogP contribution < -0.4 is 0 Å². The SMILES string of the molecule is CC(C)(C)N1CCN(C(=O)c2ncccc2Br)CC1. The van der Waals surface area contributed by atoms with E-state index in [1.165, 1.54) is 0 Å². The van der Waals surface area contributed by atoms with Gasteiger partial charge in [-0.1, -0.05) is 0 Å². The molecular formula is C14H20BrN3O. The number of piperazine rings is 1. The van der Waals surface area contributed by atoms with Crippen LogP contribution in [-0.2, 0) is 0 Å². The van der Waals surface area contributed by atoms with Gasteiger partial charge >= 0.3 is 0 Å². The zero-order chi connectivity index (χ0) is 14.0. The molecule has 104 valence electrons. The van der Waals surface area contributed by atoms with E-state index >= 15 is 0 Å². The third kappa shape index (κ3) is 3.34. The lowest BCUT2D eigenvalue weighted by Crippen LogP contribution is -2.54. The van der Waals surface area contributed by atoms with Crippen molar-refractivity contribution in [1.82, 2.24) is 14.8 Å². The molecule has 0 saturated carbocycles. The lowest BCUT2D eigenvalue weighted by molar-refractivity contribution is 0.0446. The Morgan fingerprint density at radius 2 is 1.89 bits per heavy atom. The van der Waals surface area contributed by atoms with Gasteiger partial charge in [0.05, 0.1) is 0 Å². The molecule has 2 heterocycles. The molecule has 5 heteroatoms. The van der Waals surface area contributed by atoms with Gasteiger partial charge in [0.1, 0.15) is 5.69 Å². The number of pyridine rings is 1. The molecule has 0 bridgehead atoms. The maximum Gasteiger partial charge on any atom is 0.273 e. The first-order chi connectivity index (χ1) is 8.89. The fourth-order valence-electron chi connectivity index (χ4n) is 2.27. The quantitative estimate of drug-likeness (QED) is 0.795. The number of carbonyl (C=O) groups excluding carboxylic acids is 1. The summed E-state index contributed by atoms with van der Waals surface area (Å²) >= 11 is 3.39. The molecule has 0 spiro atoms. The molecule has 1 aliphatic heterocycles. The second-order valence-electron chi connectivity index (χ2n) is 5.78. The van der Waals surface area contributed by atoms with E-state index in [9.17, 15) is 4.79 Å². The van der Waals surface area contributed by atoms with Crippen LogP contribution in [0.4, 0.5) is 0 Å². The highest BCUT2D eigenvalue weighted by Gasteiger charge is 2.29. The van der Waals surface area contributed by atoms with E-state index in [1.54, 1.807) is 6.20 Å². The van der Waals surface area contributed by atoms with Crippen LogP contribution in [0, 0.1) is 0 Å². The Kier molecular flexibility index (Phi) is 4.26. The number of hydrogen-bond donors (Lipinski definition) is 0. The highest BCUT2D eigenvalue weighted by atomic mass is 79.9. The van der Waals surface area contributed by atoms with Crippen molar-refractivity contribution in [3.8, 4) is 0 Å². The third-order valence-corrected chi connectivity index (χ3v) is 4.12. The molecule has 1 aromatic rings. The van der Waals surface area contributed by atoms with Gasteiger partial charge in [-0.25, -0.2) is 4.98 Å². The topological polar surface area (TPSA) is 36.4 Å². The Labute approximate surface area is 122 Å². The summed E-state index contributed by atoms with van der Waals surface area (Å²) in [7, 11) is 0. The number of aromatic nitrogens is 1. The minimum Gasteiger partial charge on any atom is -0.335 e. The number of halogens is 1. The molecule has 0 radical (unpaired) electrons. The summed E-state index contributed by atoms with van der Waals surface area (Å²) < 4.78 is 0.762. The van der Waals surface area contributed by atoms with Gasteiger partial charge in [-0.3, -0.25) is 9.69 Å². The van der Waals surface area contributed by atoms with Crippen LogP contribution in [0.2, 0.25) is 0 Å². The van der Waals surface area contributed by atoms with Crippen LogP contribution in [0.25, 0.3) is 0 Å². The summed E-state index contributed by atoms with van der Waals surface area (Å²) in [5.74, 6) is 0.0148. The zero-order valence-corrected chi connectivity index (χ0v) is 13.3. The Bertz CT molecular complexity index is 462. The van der Waals surface area contributed by atoms with Crippen LogP contribution in [0.15, 0.2) is 22.8 Å². The van der Waals surface area contributed by atoms with Gasteiger partial charge < -0.3 is 4.90 Å². The van der Waals surface area contributed by atoms with Gasteiger partial charge in [-0.05, 0) is 48.8 Å². The molecule has 2 rings (SSSR count). The Morgan fingerprint density at radius 1 is 1.26 bits per heavy atom. The minimum absolute atomic E-state index is 0.0148. The van der Waals surface area contributed by atoms with Crippen LogP contribution >= 0.6 is 15.9 Å². The monoisotopic (exact) mass is 325 g/mol. The van der Waals surface area contributed by atoms with Gasteiger partial charge in [-0.15, -0.1) is 0 Å². The van der Waals surface area contributed by atoms with Crippen molar-refractivity contribution >= 4 is 21.8 Å². The summed E-state index contributed by atoms with van der Waals surface area (Å²) in [5.41, 5.74) is 0.674. The van der Waals surface area contributed by atoms with Gasteiger partial charge in [0.2, 0.25) is 0 Å². The fraction of sp³-hybridized carbons (Fsp3) is 0.571. The molecule has 1 amide bonds. The maximum absolute atomic E-state index is 12.4. The number of amides is 1. The normalized spacial score (nSPS) is 17.6. The van der Waals surface area contributed by atoms with Crippen molar-refractivity contribution in [3.63, 3.8) is 0 Å². The van der Waals surface area contributed by atoms with Crippen molar-refractivity contribution in [2.45, 2.75) is 26.3 Å². The summed E-state index contributed by atoms with van der Waals surface area (Å²) in [6.07, 6.45) is 1.66. The van der Waals surface area contributed by atoms with Crippen molar-refractivity contribution < 1.29 is 4.79 Å². The number of nitrogens with zero attached hydrogens (tertiary/aromatic N) is 3. The largest absolute Gasteiger partial charge is 0.335 e. The van der Waals surface area contributed by atoms with Crippen molar-refractivity contribution in [2.24, 2.45) is 0 Å². The molecule has 0 N–H and O–H groups in total. The number of hydrogen-bond acceptors (Lipinski definition) is 3. The van der Waals surface area contributed by atoms with Gasteiger partial charge in [0.25, 0.3) is 5.91 Å². The summed E-state index contributed by atoms with van der Waals surface area (Å²) in [6.45, 7) is 9.98. The first-order valence-corrected chi connectivity index (χ1v) is 7.34. The first-order valence-electron chi connectivity index (χ1n) is 6.54. The van der Waals surface area contributed by atoms with E-state index in [4.69, 9.17) is 0 Å². The van der Waals surface area contributed by atoms with Gasteiger partial charge in [0, 0.05) is 42.4 Å². The van der Waals surface area contributed by atoms with E-state index in [0.29, 0.717) is 5.69 Å². The standard InChI is InChI=1S/C14H20BrN3O/c1-14(2,3)18-9-7-17(8-10-18)13(19)12-11(15)5-4-6-16-12/h4-6H,7-10H2,1-3H3. The summed E-state index contributed by atoms with van der Waals surface area (Å²) in [4.78, 5) is 20.9. The Balaban J connectivity index is 2.03. The lowest BCUT2D eigenvalue weighted by Gasteiger charge is -2.42. The second-order valence-corrected chi connectivity index (χ2v) is 6.64. The van der Waals surface area contributed by atoms with E-state index in [2.05, 4.69) is 46.6 Å². The average Bonchev–Trinajstić information content (AvgIpc) is 2.38. The fourth-order valence-corrected chi connectivity index (χ4v) is 2.70. The highest BCUT2D eigenvalue weighted by Crippen LogP contribution is 2.19. The average molecular weight is 326 g/mol. The second kappa shape index (κ2) is 5.59. The third-order valence-electron chi connectivity index (χ3n) is 3.48. The summed E-state index contributed by atoms with van der Waals surface area (Å²) in [6, 6.07) is 3.67. The molecule has 0 unspecified atom stereocenters. The van der Waals surface area contributed by atoms with Crippen LogP contribution in [0.3, 0.4) is 0 Å². The van der Waals surface area contributed by atoms with Crippen molar-refractivity contribution in [3.05, 3.63) is 28.5 Å². The predicted octanol–water partition coefficient (Wildman–Crippen LogP) is 2.40. The van der Waals surface area contributed by atoms with Crippen LogP contribution in [0.5, 0.6) is 0 Å². The molecule has 1 aromatic heterocycles. The molecule has 0 atom stereocenters. The summed E-state index contributed by atoms with van der Waals surface area (Å²) in [5, 5.41) is 0. The van der Waals surface area contributed by atoms with Gasteiger partial charge in [-0.2, -0.15) is 0 Å². The Hall–Kier alpha value is -0.940. The number of rotatable bonds is 1. The van der Waals surface area contributed by atoms with E-state index < -0.39 is 0 Å². The molecular weight excluding hydrogens is 306 g/mol. The highest BCUT2D eigenvalue weighted by molar-refractivity contribution is 9.10. The first kappa shape index (κ1) is 14.5. The molecule has 1 fully saturated rings. The molecule has 19 heavy (non-hydrogen) atoms. The predicted molar refractivity (Wildman–Crippen MR) is 79.2 cm³/mol. The molecule has 1 aliphatic rings.